The fraction of sp³-hybridized carbons (Fsp3) is 0.360. The Morgan fingerprint density at radius 3 is 2.56 bits per heavy atom. The molecule has 0 aromatic heterocycles. The summed E-state index contributed by atoms with van der Waals surface area (Å²) >= 11 is 11.0. The number of fused-ring (bicyclic) bond motifs is 1. The van der Waals surface area contributed by atoms with Crippen molar-refractivity contribution in [2.75, 3.05) is 11.4 Å². The number of hydrogen-bond donors (Lipinski definition) is 0. The van der Waals surface area contributed by atoms with Gasteiger partial charge in [-0.2, -0.15) is 0 Å². The van der Waals surface area contributed by atoms with Crippen LogP contribution in [0.25, 0.3) is 6.08 Å². The molecule has 4 rings (SSSR count). The van der Waals surface area contributed by atoms with Crippen LogP contribution in [-0.2, 0) is 11.3 Å². The summed E-state index contributed by atoms with van der Waals surface area (Å²) in [5.74, 6) is 0.0979. The maximum atomic E-state index is 13.0. The van der Waals surface area contributed by atoms with Crippen molar-refractivity contribution in [3.05, 3.63) is 67.5 Å². The SMILES string of the molecule is CCN1c2cc(Cl)c(/C=C3/SC(=O)N(Cc4ccc(Br)cc4)C3=O)cc2C(C)CC1(C)C. The van der Waals surface area contributed by atoms with Crippen LogP contribution in [0.1, 0.15) is 56.7 Å². The van der Waals surface area contributed by atoms with E-state index in [-0.39, 0.29) is 23.2 Å². The molecule has 2 aromatic carbocycles. The third kappa shape index (κ3) is 4.37. The van der Waals surface area contributed by atoms with Gasteiger partial charge in [-0.25, -0.2) is 0 Å². The second-order valence-electron chi connectivity index (χ2n) is 8.99. The van der Waals surface area contributed by atoms with Gasteiger partial charge in [-0.15, -0.1) is 0 Å². The smallest absolute Gasteiger partial charge is 0.293 e. The Morgan fingerprint density at radius 1 is 1.22 bits per heavy atom. The number of imide groups is 1. The third-order valence-electron chi connectivity index (χ3n) is 6.23. The van der Waals surface area contributed by atoms with Crippen molar-refractivity contribution in [1.82, 2.24) is 4.90 Å². The predicted molar refractivity (Wildman–Crippen MR) is 137 cm³/mol. The summed E-state index contributed by atoms with van der Waals surface area (Å²) in [7, 11) is 0. The normalized spacial score (nSPS) is 21.4. The number of halogens is 2. The first-order chi connectivity index (χ1) is 15.1. The van der Waals surface area contributed by atoms with E-state index >= 15 is 0 Å². The summed E-state index contributed by atoms with van der Waals surface area (Å²) in [6, 6.07) is 11.7. The van der Waals surface area contributed by atoms with Crippen molar-refractivity contribution in [2.24, 2.45) is 0 Å². The van der Waals surface area contributed by atoms with Crippen LogP contribution >= 0.6 is 39.3 Å². The summed E-state index contributed by atoms with van der Waals surface area (Å²) in [5.41, 5.74) is 4.13. The lowest BCUT2D eigenvalue weighted by atomic mass is 9.79. The van der Waals surface area contributed by atoms with E-state index in [4.69, 9.17) is 11.6 Å². The molecule has 1 atom stereocenters. The van der Waals surface area contributed by atoms with Gasteiger partial charge in [-0.1, -0.05) is 46.6 Å². The van der Waals surface area contributed by atoms with E-state index in [1.165, 1.54) is 10.5 Å². The van der Waals surface area contributed by atoms with Gasteiger partial charge in [0.05, 0.1) is 11.4 Å². The van der Waals surface area contributed by atoms with Crippen molar-refractivity contribution in [3.8, 4) is 0 Å². The van der Waals surface area contributed by atoms with Crippen molar-refractivity contribution < 1.29 is 9.59 Å². The van der Waals surface area contributed by atoms with Crippen LogP contribution in [0, 0.1) is 0 Å². The molecule has 0 N–H and O–H groups in total. The fourth-order valence-corrected chi connectivity index (χ4v) is 6.09. The minimum atomic E-state index is -0.277. The van der Waals surface area contributed by atoms with Crippen molar-refractivity contribution in [1.29, 1.82) is 0 Å². The highest BCUT2D eigenvalue weighted by atomic mass is 79.9. The van der Waals surface area contributed by atoms with E-state index in [0.29, 0.717) is 15.8 Å². The number of hydrogen-bond acceptors (Lipinski definition) is 4. The molecule has 0 bridgehead atoms. The molecule has 168 valence electrons. The van der Waals surface area contributed by atoms with Gasteiger partial charge in [0.1, 0.15) is 0 Å². The highest BCUT2D eigenvalue weighted by Crippen LogP contribution is 2.46. The molecule has 7 heteroatoms. The van der Waals surface area contributed by atoms with Gasteiger partial charge in [-0.05, 0) is 91.9 Å². The minimum Gasteiger partial charge on any atom is -0.366 e. The second-order valence-corrected chi connectivity index (χ2v) is 11.3. The van der Waals surface area contributed by atoms with Gasteiger partial charge in [0, 0.05) is 27.3 Å². The molecule has 0 aliphatic carbocycles. The Kier molecular flexibility index (Phi) is 6.49. The molecule has 2 aliphatic rings. The quantitative estimate of drug-likeness (QED) is 0.383. The number of benzene rings is 2. The largest absolute Gasteiger partial charge is 0.366 e. The summed E-state index contributed by atoms with van der Waals surface area (Å²) < 4.78 is 0.955. The Morgan fingerprint density at radius 2 is 1.91 bits per heavy atom. The number of anilines is 1. The van der Waals surface area contributed by atoms with E-state index < -0.39 is 0 Å². The first-order valence-electron chi connectivity index (χ1n) is 10.7. The Balaban J connectivity index is 1.64. The van der Waals surface area contributed by atoms with Crippen molar-refractivity contribution in [3.63, 3.8) is 0 Å². The Hall–Kier alpha value is -1.76. The van der Waals surface area contributed by atoms with E-state index in [1.807, 2.05) is 30.3 Å². The summed E-state index contributed by atoms with van der Waals surface area (Å²) in [6.45, 7) is 10.1. The highest BCUT2D eigenvalue weighted by molar-refractivity contribution is 9.10. The molecule has 2 amide bonds. The van der Waals surface area contributed by atoms with Crippen LogP contribution < -0.4 is 4.90 Å². The van der Waals surface area contributed by atoms with Crippen molar-refractivity contribution >= 4 is 62.2 Å². The minimum absolute atomic E-state index is 0.0572. The number of carbonyl (C=O) groups excluding carboxylic acids is 2. The highest BCUT2D eigenvalue weighted by Gasteiger charge is 2.37. The molecule has 2 aliphatic heterocycles. The van der Waals surface area contributed by atoms with E-state index in [9.17, 15) is 9.59 Å². The molecular weight excluding hydrogens is 508 g/mol. The third-order valence-corrected chi connectivity index (χ3v) is 8.00. The average molecular weight is 534 g/mol. The van der Waals surface area contributed by atoms with Crippen LogP contribution in [-0.4, -0.2) is 28.1 Å². The van der Waals surface area contributed by atoms with E-state index in [2.05, 4.69) is 54.6 Å². The van der Waals surface area contributed by atoms with E-state index in [0.717, 1.165) is 46.0 Å². The molecule has 0 saturated carbocycles. The van der Waals surface area contributed by atoms with Gasteiger partial charge in [0.25, 0.3) is 11.1 Å². The Bertz CT molecular complexity index is 1110. The molecule has 1 unspecified atom stereocenters. The Labute approximate surface area is 207 Å². The lowest BCUT2D eigenvalue weighted by Crippen LogP contribution is -2.48. The van der Waals surface area contributed by atoms with Crippen LogP contribution in [0.3, 0.4) is 0 Å². The number of thioether (sulfide) groups is 1. The van der Waals surface area contributed by atoms with E-state index in [1.54, 1.807) is 6.08 Å². The molecule has 1 saturated heterocycles. The summed E-state index contributed by atoms with van der Waals surface area (Å²) in [6.07, 6.45) is 2.80. The van der Waals surface area contributed by atoms with Crippen LogP contribution in [0.4, 0.5) is 10.5 Å². The standard InChI is InChI=1S/C25H26BrClN2O2S/c1-5-29-21-12-20(27)17(10-19(21)15(2)13-25(29,3)4)11-22-23(30)28(24(31)32-22)14-16-6-8-18(26)9-7-16/h6-12,15H,5,13-14H2,1-4H3/b22-11+. The predicted octanol–water partition coefficient (Wildman–Crippen LogP) is 7.45. The maximum absolute atomic E-state index is 13.0. The van der Waals surface area contributed by atoms with Crippen molar-refractivity contribution in [2.45, 2.75) is 52.1 Å². The summed E-state index contributed by atoms with van der Waals surface area (Å²) in [4.78, 5) is 29.6. The first kappa shape index (κ1) is 23.4. The zero-order valence-electron chi connectivity index (χ0n) is 18.6. The molecule has 2 aromatic rings. The van der Waals surface area contributed by atoms with Gasteiger partial charge < -0.3 is 4.90 Å². The lowest BCUT2D eigenvalue weighted by Gasteiger charge is -2.47. The van der Waals surface area contributed by atoms with Crippen LogP contribution in [0.15, 0.2) is 45.8 Å². The summed E-state index contributed by atoms with van der Waals surface area (Å²) in [5, 5.41) is 0.331. The number of rotatable bonds is 4. The molecular formula is C25H26BrClN2O2S. The first-order valence-corrected chi connectivity index (χ1v) is 12.7. The van der Waals surface area contributed by atoms with Gasteiger partial charge >= 0.3 is 0 Å². The van der Waals surface area contributed by atoms with Gasteiger partial charge in [0.2, 0.25) is 0 Å². The van der Waals surface area contributed by atoms with Crippen LogP contribution in [0.2, 0.25) is 5.02 Å². The molecule has 0 spiro atoms. The van der Waals surface area contributed by atoms with Gasteiger partial charge in [0.15, 0.2) is 0 Å². The second kappa shape index (κ2) is 8.88. The molecule has 1 fully saturated rings. The maximum Gasteiger partial charge on any atom is 0.293 e. The fourth-order valence-electron chi connectivity index (χ4n) is 4.78. The number of nitrogens with zero attached hydrogens (tertiary/aromatic N) is 2. The zero-order valence-corrected chi connectivity index (χ0v) is 21.8. The monoisotopic (exact) mass is 532 g/mol. The lowest BCUT2D eigenvalue weighted by molar-refractivity contribution is -0.123. The molecule has 32 heavy (non-hydrogen) atoms. The zero-order chi connectivity index (χ0) is 23.2. The number of amides is 2. The van der Waals surface area contributed by atoms with Crippen LogP contribution in [0.5, 0.6) is 0 Å². The molecule has 2 heterocycles. The molecule has 0 radical (unpaired) electrons. The molecule has 4 nitrogen and oxygen atoms in total. The number of carbonyl (C=O) groups is 2. The van der Waals surface area contributed by atoms with Gasteiger partial charge in [-0.3, -0.25) is 14.5 Å². The topological polar surface area (TPSA) is 40.6 Å². The average Bonchev–Trinajstić information content (AvgIpc) is 2.98.